The Labute approximate surface area is 199 Å². The predicted molar refractivity (Wildman–Crippen MR) is 129 cm³/mol. The molecule has 2 saturated heterocycles. The third-order valence-electron chi connectivity index (χ3n) is 6.85. The molecule has 2 aromatic carbocycles. The first-order valence-electron chi connectivity index (χ1n) is 12.0. The van der Waals surface area contributed by atoms with E-state index in [9.17, 15) is 4.39 Å². The van der Waals surface area contributed by atoms with E-state index in [0.717, 1.165) is 79.6 Å². The molecular formula is C26H31ClFN3O2. The van der Waals surface area contributed by atoms with Crippen LogP contribution in [0.5, 0.6) is 5.75 Å². The van der Waals surface area contributed by atoms with Gasteiger partial charge in [-0.3, -0.25) is 4.90 Å². The largest absolute Gasteiger partial charge is 0.491 e. The van der Waals surface area contributed by atoms with Gasteiger partial charge in [0.05, 0.1) is 30.2 Å². The van der Waals surface area contributed by atoms with Crippen molar-refractivity contribution in [3.05, 3.63) is 58.9 Å². The minimum atomic E-state index is -0.390. The number of nitrogens with zero attached hydrogens (tertiary/aromatic N) is 3. The number of hydrogen-bond donors (Lipinski definition) is 0. The quantitative estimate of drug-likeness (QED) is 0.429. The third-order valence-corrected chi connectivity index (χ3v) is 7.09. The summed E-state index contributed by atoms with van der Waals surface area (Å²) in [6.45, 7) is 4.04. The SMILES string of the molecule is FCCn1c(CN2CCC(c3cc(Cl)ccc3OCC3CCCO3)CC2)nc2ccccc21. The minimum absolute atomic E-state index is 0.193. The van der Waals surface area contributed by atoms with Crippen molar-refractivity contribution in [1.29, 1.82) is 0 Å². The molecule has 0 saturated carbocycles. The summed E-state index contributed by atoms with van der Waals surface area (Å²) in [6, 6.07) is 13.9. The zero-order valence-corrected chi connectivity index (χ0v) is 19.6. The molecule has 1 aromatic heterocycles. The number of benzene rings is 2. The van der Waals surface area contributed by atoms with Crippen molar-refractivity contribution in [3.8, 4) is 5.75 Å². The van der Waals surface area contributed by atoms with Gasteiger partial charge in [-0.25, -0.2) is 9.37 Å². The van der Waals surface area contributed by atoms with Crippen LogP contribution in [-0.4, -0.2) is 53.5 Å². The highest BCUT2D eigenvalue weighted by atomic mass is 35.5. The van der Waals surface area contributed by atoms with E-state index in [1.54, 1.807) is 0 Å². The van der Waals surface area contributed by atoms with E-state index in [0.29, 0.717) is 19.1 Å². The maximum absolute atomic E-state index is 13.2. The van der Waals surface area contributed by atoms with Gasteiger partial charge in [0.25, 0.3) is 0 Å². The van der Waals surface area contributed by atoms with Crippen LogP contribution in [-0.2, 0) is 17.8 Å². The maximum Gasteiger partial charge on any atom is 0.124 e. The number of aryl methyl sites for hydroxylation is 1. The van der Waals surface area contributed by atoms with E-state index in [1.165, 1.54) is 5.56 Å². The average Bonchev–Trinajstić information content (AvgIpc) is 3.47. The molecule has 1 unspecified atom stereocenters. The molecule has 0 radical (unpaired) electrons. The van der Waals surface area contributed by atoms with Crippen LogP contribution in [0, 0.1) is 0 Å². The summed E-state index contributed by atoms with van der Waals surface area (Å²) in [5, 5.41) is 0.747. The van der Waals surface area contributed by atoms with Crippen molar-refractivity contribution >= 4 is 22.6 Å². The summed E-state index contributed by atoms with van der Waals surface area (Å²) in [5.41, 5.74) is 3.14. The summed E-state index contributed by atoms with van der Waals surface area (Å²) in [5.74, 6) is 2.28. The molecule has 3 aromatic rings. The fraction of sp³-hybridized carbons (Fsp3) is 0.500. The van der Waals surface area contributed by atoms with E-state index in [4.69, 9.17) is 26.1 Å². The highest BCUT2D eigenvalue weighted by Crippen LogP contribution is 2.36. The van der Waals surface area contributed by atoms with Crippen molar-refractivity contribution in [2.75, 3.05) is 33.0 Å². The van der Waals surface area contributed by atoms with Crippen LogP contribution in [0.1, 0.15) is 43.0 Å². The summed E-state index contributed by atoms with van der Waals surface area (Å²) in [6.07, 6.45) is 4.42. The van der Waals surface area contributed by atoms with Crippen LogP contribution in [0.15, 0.2) is 42.5 Å². The Bertz CT molecular complexity index is 1070. The second-order valence-electron chi connectivity index (χ2n) is 9.04. The van der Waals surface area contributed by atoms with Crippen LogP contribution >= 0.6 is 11.6 Å². The van der Waals surface area contributed by atoms with Crippen LogP contribution in [0.25, 0.3) is 11.0 Å². The zero-order chi connectivity index (χ0) is 22.6. The molecule has 0 N–H and O–H groups in total. The molecule has 0 amide bonds. The van der Waals surface area contributed by atoms with Crippen molar-refractivity contribution in [1.82, 2.24) is 14.5 Å². The Balaban J connectivity index is 1.25. The molecule has 3 heterocycles. The molecule has 0 spiro atoms. The van der Waals surface area contributed by atoms with E-state index in [1.807, 2.05) is 41.0 Å². The first kappa shape index (κ1) is 22.6. The molecule has 5 nitrogen and oxygen atoms in total. The predicted octanol–water partition coefficient (Wildman–Crippen LogP) is 5.60. The Morgan fingerprint density at radius 1 is 1.12 bits per heavy atom. The number of piperidine rings is 1. The Morgan fingerprint density at radius 2 is 1.97 bits per heavy atom. The fourth-order valence-electron chi connectivity index (χ4n) is 5.11. The Hall–Kier alpha value is -2.15. The van der Waals surface area contributed by atoms with Gasteiger partial charge in [0.2, 0.25) is 0 Å². The molecule has 2 aliphatic heterocycles. The number of para-hydroxylation sites is 2. The lowest BCUT2D eigenvalue weighted by atomic mass is 9.88. The van der Waals surface area contributed by atoms with Gasteiger partial charge in [-0.05, 0) is 80.6 Å². The zero-order valence-electron chi connectivity index (χ0n) is 18.9. The average molecular weight is 472 g/mol. The van der Waals surface area contributed by atoms with E-state index in [2.05, 4.69) is 11.0 Å². The first-order valence-corrected chi connectivity index (χ1v) is 12.4. The third kappa shape index (κ3) is 5.18. The lowest BCUT2D eigenvalue weighted by Crippen LogP contribution is -2.33. The number of likely N-dealkylation sites (tertiary alicyclic amines) is 1. The number of imidazole rings is 1. The van der Waals surface area contributed by atoms with Gasteiger partial charge in [0.15, 0.2) is 0 Å². The molecule has 176 valence electrons. The number of alkyl halides is 1. The lowest BCUT2D eigenvalue weighted by molar-refractivity contribution is 0.0672. The Kier molecular flexibility index (Phi) is 7.14. The Morgan fingerprint density at radius 3 is 2.76 bits per heavy atom. The maximum atomic E-state index is 13.2. The number of halogens is 2. The van der Waals surface area contributed by atoms with Gasteiger partial charge < -0.3 is 14.0 Å². The molecule has 7 heteroatoms. The minimum Gasteiger partial charge on any atom is -0.491 e. The van der Waals surface area contributed by atoms with Crippen molar-refractivity contribution < 1.29 is 13.9 Å². The van der Waals surface area contributed by atoms with Crippen molar-refractivity contribution in [2.24, 2.45) is 0 Å². The lowest BCUT2D eigenvalue weighted by Gasteiger charge is -2.32. The van der Waals surface area contributed by atoms with Crippen LogP contribution in [0.2, 0.25) is 5.02 Å². The molecule has 33 heavy (non-hydrogen) atoms. The summed E-state index contributed by atoms with van der Waals surface area (Å²) >= 11 is 6.35. The summed E-state index contributed by atoms with van der Waals surface area (Å²) in [7, 11) is 0. The first-order chi connectivity index (χ1) is 16.2. The van der Waals surface area contributed by atoms with Crippen LogP contribution in [0.4, 0.5) is 4.39 Å². The second-order valence-corrected chi connectivity index (χ2v) is 9.47. The topological polar surface area (TPSA) is 39.5 Å². The standard InChI is InChI=1S/C26H31ClFN3O2/c27-20-7-8-25(33-18-21-4-3-15-32-21)22(16-20)19-9-12-30(13-10-19)17-26-29-23-5-1-2-6-24(23)31(26)14-11-28/h1-2,5-8,16,19,21H,3-4,9-15,17-18H2. The summed E-state index contributed by atoms with van der Waals surface area (Å²) in [4.78, 5) is 7.22. The number of hydrogen-bond acceptors (Lipinski definition) is 4. The number of aromatic nitrogens is 2. The highest BCUT2D eigenvalue weighted by molar-refractivity contribution is 6.30. The van der Waals surface area contributed by atoms with Gasteiger partial charge in [0, 0.05) is 11.6 Å². The molecule has 2 aliphatic rings. The summed E-state index contributed by atoms with van der Waals surface area (Å²) < 4.78 is 27.1. The van der Waals surface area contributed by atoms with Gasteiger partial charge >= 0.3 is 0 Å². The van der Waals surface area contributed by atoms with Crippen LogP contribution in [0.3, 0.4) is 0 Å². The number of ether oxygens (including phenoxy) is 2. The molecule has 5 rings (SSSR count). The highest BCUT2D eigenvalue weighted by Gasteiger charge is 2.25. The molecule has 0 aliphatic carbocycles. The second kappa shape index (κ2) is 10.4. The van der Waals surface area contributed by atoms with Crippen molar-refractivity contribution in [3.63, 3.8) is 0 Å². The van der Waals surface area contributed by atoms with Crippen molar-refractivity contribution in [2.45, 2.75) is 50.8 Å². The van der Waals surface area contributed by atoms with Gasteiger partial charge in [-0.15, -0.1) is 0 Å². The van der Waals surface area contributed by atoms with E-state index < -0.39 is 6.67 Å². The monoisotopic (exact) mass is 471 g/mol. The van der Waals surface area contributed by atoms with E-state index >= 15 is 0 Å². The fourth-order valence-corrected chi connectivity index (χ4v) is 5.29. The number of fused-ring (bicyclic) bond motifs is 1. The molecule has 1 atom stereocenters. The molecular weight excluding hydrogens is 441 g/mol. The number of rotatable bonds is 8. The van der Waals surface area contributed by atoms with E-state index in [-0.39, 0.29) is 6.10 Å². The van der Waals surface area contributed by atoms with Gasteiger partial charge in [0.1, 0.15) is 24.9 Å². The van der Waals surface area contributed by atoms with Gasteiger partial charge in [-0.1, -0.05) is 23.7 Å². The van der Waals surface area contributed by atoms with Crippen LogP contribution < -0.4 is 4.74 Å². The molecule has 0 bridgehead atoms. The normalized spacial score (nSPS) is 20.0. The molecule has 2 fully saturated rings. The smallest absolute Gasteiger partial charge is 0.124 e. The van der Waals surface area contributed by atoms with Gasteiger partial charge in [-0.2, -0.15) is 0 Å².